The van der Waals surface area contributed by atoms with Gasteiger partial charge in [0.2, 0.25) is 5.91 Å². The molecule has 1 amide bonds. The van der Waals surface area contributed by atoms with E-state index in [4.69, 9.17) is 0 Å². The Morgan fingerprint density at radius 2 is 2.07 bits per heavy atom. The van der Waals surface area contributed by atoms with Gasteiger partial charge in [0, 0.05) is 5.69 Å². The summed E-state index contributed by atoms with van der Waals surface area (Å²) in [5.41, 5.74) is -1.54. The first kappa shape index (κ1) is 20.8. The second kappa shape index (κ2) is 8.47. The molecule has 1 atom stereocenters. The molecule has 2 aromatic rings. The average Bonchev–Trinajstić information content (AvgIpc) is 3.07. The fraction of sp³-hybridized carbons (Fsp3) is 0.353. The van der Waals surface area contributed by atoms with E-state index < -0.39 is 23.4 Å². The number of carbonyl (C=O) groups excluding carboxylic acids is 2. The molecule has 1 N–H and O–H groups in total. The largest absolute Gasteiger partial charge is 0.462 e. The van der Waals surface area contributed by atoms with Crippen molar-refractivity contribution in [1.29, 1.82) is 0 Å². The number of ether oxygens (including phenoxy) is 1. The van der Waals surface area contributed by atoms with E-state index >= 15 is 0 Å². The van der Waals surface area contributed by atoms with E-state index in [0.29, 0.717) is 10.4 Å². The molecule has 0 aliphatic carbocycles. The number of thioether (sulfide) groups is 1. The predicted molar refractivity (Wildman–Crippen MR) is 96.1 cm³/mol. The second-order valence-electron chi connectivity index (χ2n) is 5.45. The molecule has 1 aromatic heterocycles. The Morgan fingerprint density at radius 1 is 1.37 bits per heavy atom. The Balaban J connectivity index is 2.45. The predicted octanol–water partition coefficient (Wildman–Crippen LogP) is 3.76. The first-order valence-corrected chi connectivity index (χ1v) is 9.24. The minimum absolute atomic E-state index is 0.0486. The maximum atomic E-state index is 13.5. The van der Waals surface area contributed by atoms with Crippen molar-refractivity contribution in [3.63, 3.8) is 0 Å². The fourth-order valence-corrected chi connectivity index (χ4v) is 2.51. The topological polar surface area (TPSA) is 73.2 Å². The summed E-state index contributed by atoms with van der Waals surface area (Å²) in [5, 5.41) is 6.02. The number of halogens is 3. The van der Waals surface area contributed by atoms with Crippen molar-refractivity contribution in [1.82, 2.24) is 9.78 Å². The molecule has 6 nitrogen and oxygen atoms in total. The summed E-state index contributed by atoms with van der Waals surface area (Å²) < 4.78 is 45.9. The molecular weight excluding hydrogens is 383 g/mol. The third-order valence-corrected chi connectivity index (χ3v) is 4.54. The molecule has 0 aliphatic rings. The van der Waals surface area contributed by atoms with Gasteiger partial charge in [-0.05, 0) is 38.3 Å². The van der Waals surface area contributed by atoms with Gasteiger partial charge in [-0.2, -0.15) is 30.0 Å². The lowest BCUT2D eigenvalue weighted by Gasteiger charge is -2.14. The van der Waals surface area contributed by atoms with Crippen LogP contribution in [-0.4, -0.2) is 39.8 Å². The quantitative estimate of drug-likeness (QED) is 0.747. The molecule has 0 saturated heterocycles. The van der Waals surface area contributed by atoms with Crippen molar-refractivity contribution in [2.75, 3.05) is 18.2 Å². The number of hydrogen-bond donors (Lipinski definition) is 1. The van der Waals surface area contributed by atoms with E-state index in [1.54, 1.807) is 19.2 Å². The summed E-state index contributed by atoms with van der Waals surface area (Å²) in [6, 6.07) is 5.78. The van der Waals surface area contributed by atoms with Crippen molar-refractivity contribution < 1.29 is 27.5 Å². The highest BCUT2D eigenvalue weighted by molar-refractivity contribution is 7.99. The van der Waals surface area contributed by atoms with E-state index in [1.165, 1.54) is 36.9 Å². The minimum Gasteiger partial charge on any atom is -0.462 e. The second-order valence-corrected chi connectivity index (χ2v) is 6.63. The maximum Gasteiger partial charge on any atom is 0.434 e. The van der Waals surface area contributed by atoms with E-state index in [9.17, 15) is 22.8 Å². The highest BCUT2D eigenvalue weighted by Gasteiger charge is 2.41. The average molecular weight is 401 g/mol. The lowest BCUT2D eigenvalue weighted by atomic mass is 10.2. The first-order valence-electron chi connectivity index (χ1n) is 7.95. The number of anilines is 1. The molecule has 1 unspecified atom stereocenters. The van der Waals surface area contributed by atoms with Crippen LogP contribution in [0.4, 0.5) is 18.9 Å². The van der Waals surface area contributed by atoms with Gasteiger partial charge in [-0.25, -0.2) is 9.48 Å². The van der Waals surface area contributed by atoms with Gasteiger partial charge in [-0.3, -0.25) is 4.79 Å². The molecule has 0 radical (unpaired) electrons. The van der Waals surface area contributed by atoms with E-state index in [1.807, 2.05) is 0 Å². The Morgan fingerprint density at radius 3 is 2.67 bits per heavy atom. The molecule has 0 aliphatic heterocycles. The zero-order valence-corrected chi connectivity index (χ0v) is 15.6. The molecule has 146 valence electrons. The van der Waals surface area contributed by atoms with E-state index in [2.05, 4.69) is 15.2 Å². The van der Waals surface area contributed by atoms with Gasteiger partial charge in [0.25, 0.3) is 0 Å². The van der Waals surface area contributed by atoms with Crippen molar-refractivity contribution in [2.45, 2.75) is 25.3 Å². The molecule has 2 rings (SSSR count). The van der Waals surface area contributed by atoms with Crippen LogP contribution in [0.5, 0.6) is 0 Å². The Labute approximate surface area is 158 Å². The van der Waals surface area contributed by atoms with Crippen LogP contribution in [0.15, 0.2) is 30.5 Å². The third-order valence-electron chi connectivity index (χ3n) is 3.61. The lowest BCUT2D eigenvalue weighted by molar-refractivity contribution is -0.143. The van der Waals surface area contributed by atoms with Gasteiger partial charge in [-0.15, -0.1) is 0 Å². The number of hydrogen-bond acceptors (Lipinski definition) is 5. The number of rotatable bonds is 6. The molecule has 0 fully saturated rings. The fourth-order valence-electron chi connectivity index (χ4n) is 2.24. The molecular formula is C17H18F3N3O3S. The van der Waals surface area contributed by atoms with E-state index in [-0.39, 0.29) is 23.5 Å². The smallest absolute Gasteiger partial charge is 0.434 e. The van der Waals surface area contributed by atoms with Crippen molar-refractivity contribution in [3.8, 4) is 5.69 Å². The molecule has 1 aromatic carbocycles. The van der Waals surface area contributed by atoms with Crippen LogP contribution in [0, 0.1) is 0 Å². The SMILES string of the molecule is CCOC(=O)c1cnn(-c2cccc(NC(=O)C(C)SC)c2)c1C(F)(F)F. The van der Waals surface area contributed by atoms with Crippen LogP contribution in [-0.2, 0) is 15.7 Å². The zero-order valence-electron chi connectivity index (χ0n) is 14.8. The third kappa shape index (κ3) is 4.82. The van der Waals surface area contributed by atoms with Crippen LogP contribution in [0.2, 0.25) is 0 Å². The van der Waals surface area contributed by atoms with Crippen molar-refractivity contribution >= 4 is 29.3 Å². The Kier molecular flexibility index (Phi) is 6.53. The molecule has 0 spiro atoms. The molecule has 0 bridgehead atoms. The summed E-state index contributed by atoms with van der Waals surface area (Å²) in [6.45, 7) is 3.15. The number of nitrogens with zero attached hydrogens (tertiary/aromatic N) is 2. The number of benzene rings is 1. The van der Waals surface area contributed by atoms with Crippen LogP contribution in [0.3, 0.4) is 0 Å². The van der Waals surface area contributed by atoms with Crippen LogP contribution < -0.4 is 5.32 Å². The van der Waals surface area contributed by atoms with Gasteiger partial charge in [-0.1, -0.05) is 6.07 Å². The molecule has 1 heterocycles. The number of carbonyl (C=O) groups is 2. The summed E-state index contributed by atoms with van der Waals surface area (Å²) >= 11 is 1.34. The normalized spacial score (nSPS) is 12.5. The Hall–Kier alpha value is -2.49. The van der Waals surface area contributed by atoms with Crippen LogP contribution >= 0.6 is 11.8 Å². The first-order chi connectivity index (χ1) is 12.7. The van der Waals surface area contributed by atoms with Gasteiger partial charge < -0.3 is 10.1 Å². The standard InChI is InChI=1S/C17H18F3N3O3S/c1-4-26-16(25)13-9-21-23(14(13)17(18,19)20)12-7-5-6-11(8-12)22-15(24)10(2)27-3/h5-10H,4H2,1-3H3,(H,22,24). The summed E-state index contributed by atoms with van der Waals surface area (Å²) in [6.07, 6.45) is -2.23. The number of nitrogens with one attached hydrogen (secondary N) is 1. The number of amides is 1. The summed E-state index contributed by atoms with van der Waals surface area (Å²) in [5.74, 6) is -1.38. The van der Waals surface area contributed by atoms with E-state index in [0.717, 1.165) is 6.20 Å². The maximum absolute atomic E-state index is 13.5. The molecule has 0 saturated carbocycles. The minimum atomic E-state index is -4.83. The highest BCUT2D eigenvalue weighted by atomic mass is 32.2. The number of alkyl halides is 3. The monoisotopic (exact) mass is 401 g/mol. The molecule has 10 heteroatoms. The van der Waals surface area contributed by atoms with Gasteiger partial charge in [0.05, 0.1) is 23.7 Å². The lowest BCUT2D eigenvalue weighted by Crippen LogP contribution is -2.22. The number of esters is 1. The van der Waals surface area contributed by atoms with Crippen LogP contribution in [0.1, 0.15) is 29.9 Å². The van der Waals surface area contributed by atoms with Gasteiger partial charge in [0.1, 0.15) is 5.56 Å². The zero-order chi connectivity index (χ0) is 20.2. The van der Waals surface area contributed by atoms with Crippen molar-refractivity contribution in [2.24, 2.45) is 0 Å². The molecule has 27 heavy (non-hydrogen) atoms. The Bertz CT molecular complexity index is 836. The summed E-state index contributed by atoms with van der Waals surface area (Å²) in [7, 11) is 0. The highest BCUT2D eigenvalue weighted by Crippen LogP contribution is 2.34. The van der Waals surface area contributed by atoms with Crippen LogP contribution in [0.25, 0.3) is 5.69 Å². The van der Waals surface area contributed by atoms with Gasteiger partial charge in [0.15, 0.2) is 5.69 Å². The number of aromatic nitrogens is 2. The van der Waals surface area contributed by atoms with Crippen molar-refractivity contribution in [3.05, 3.63) is 41.7 Å². The van der Waals surface area contributed by atoms with Gasteiger partial charge >= 0.3 is 12.1 Å². The summed E-state index contributed by atoms with van der Waals surface area (Å²) in [4.78, 5) is 23.8.